The lowest BCUT2D eigenvalue weighted by atomic mass is 9.99. The minimum absolute atomic E-state index is 0.250. The highest BCUT2D eigenvalue weighted by Gasteiger charge is 2.20. The molecule has 0 amide bonds. The van der Waals surface area contributed by atoms with E-state index in [0.717, 1.165) is 42.8 Å². The Morgan fingerprint density at radius 2 is 2.30 bits per heavy atom. The molecule has 7 nitrogen and oxygen atoms in total. The molecule has 108 valence electrons. The van der Waals surface area contributed by atoms with Crippen LogP contribution in [0.3, 0.4) is 0 Å². The van der Waals surface area contributed by atoms with Crippen LogP contribution >= 0.6 is 0 Å². The largest absolute Gasteiger partial charge is 0.396 e. The molecule has 1 aliphatic rings. The van der Waals surface area contributed by atoms with Gasteiger partial charge in [-0.3, -0.25) is 9.58 Å². The number of aromatic nitrogens is 4. The number of nitrogen functional groups attached to an aromatic ring is 1. The zero-order valence-electron chi connectivity index (χ0n) is 11.7. The molecule has 0 saturated carbocycles. The molecule has 3 rings (SSSR count). The molecule has 1 aliphatic heterocycles. The van der Waals surface area contributed by atoms with Gasteiger partial charge in [-0.2, -0.15) is 5.10 Å². The van der Waals surface area contributed by atoms with Gasteiger partial charge < -0.3 is 10.8 Å². The summed E-state index contributed by atoms with van der Waals surface area (Å²) in [5, 5.41) is 14.2. The van der Waals surface area contributed by atoms with Crippen molar-refractivity contribution >= 4 is 16.9 Å². The summed E-state index contributed by atoms with van der Waals surface area (Å²) in [6.45, 7) is 2.83. The lowest BCUT2D eigenvalue weighted by molar-refractivity contribution is 0.114. The highest BCUT2D eigenvalue weighted by Crippen LogP contribution is 2.20. The normalized spacial score (nSPS) is 20.6. The number of aryl methyl sites for hydroxylation is 1. The molecule has 0 aromatic carbocycles. The molecule has 1 unspecified atom stereocenters. The number of aliphatic hydroxyl groups is 1. The quantitative estimate of drug-likeness (QED) is 0.829. The van der Waals surface area contributed by atoms with Gasteiger partial charge in [0.25, 0.3) is 0 Å². The number of rotatable bonds is 3. The van der Waals surface area contributed by atoms with E-state index in [1.165, 1.54) is 0 Å². The maximum Gasteiger partial charge on any atom is 0.163 e. The van der Waals surface area contributed by atoms with Gasteiger partial charge in [0.05, 0.1) is 18.1 Å². The maximum atomic E-state index is 9.28. The van der Waals surface area contributed by atoms with E-state index in [9.17, 15) is 5.11 Å². The molecular weight excluding hydrogens is 256 g/mol. The van der Waals surface area contributed by atoms with Crippen molar-refractivity contribution in [2.45, 2.75) is 19.4 Å². The second-order valence-corrected chi connectivity index (χ2v) is 5.46. The first-order valence-electron chi connectivity index (χ1n) is 6.94. The number of nitrogens with two attached hydrogens (primary N) is 1. The number of hydrogen-bond donors (Lipinski definition) is 2. The summed E-state index contributed by atoms with van der Waals surface area (Å²) in [5.74, 6) is 1.56. The number of anilines is 1. The molecule has 2 aromatic heterocycles. The number of aliphatic hydroxyl groups excluding tert-OH is 1. The number of likely N-dealkylation sites (tertiary alicyclic amines) is 1. The second-order valence-electron chi connectivity index (χ2n) is 5.46. The van der Waals surface area contributed by atoms with E-state index >= 15 is 0 Å². The lowest BCUT2D eigenvalue weighted by Gasteiger charge is -2.31. The Morgan fingerprint density at radius 3 is 3.10 bits per heavy atom. The molecule has 2 aromatic rings. The van der Waals surface area contributed by atoms with E-state index in [0.29, 0.717) is 18.3 Å². The molecule has 1 saturated heterocycles. The lowest BCUT2D eigenvalue weighted by Crippen LogP contribution is -2.36. The monoisotopic (exact) mass is 276 g/mol. The summed E-state index contributed by atoms with van der Waals surface area (Å²) in [7, 11) is 1.85. The summed E-state index contributed by atoms with van der Waals surface area (Å²) in [5.41, 5.74) is 6.73. The van der Waals surface area contributed by atoms with E-state index in [1.54, 1.807) is 10.9 Å². The van der Waals surface area contributed by atoms with Gasteiger partial charge >= 0.3 is 0 Å². The maximum absolute atomic E-state index is 9.28. The zero-order chi connectivity index (χ0) is 14.1. The summed E-state index contributed by atoms with van der Waals surface area (Å²) in [6, 6.07) is 0. The Morgan fingerprint density at radius 1 is 1.45 bits per heavy atom. The van der Waals surface area contributed by atoms with Crippen LogP contribution in [0, 0.1) is 5.92 Å². The zero-order valence-corrected chi connectivity index (χ0v) is 11.7. The van der Waals surface area contributed by atoms with Crippen LogP contribution < -0.4 is 5.73 Å². The molecule has 0 radical (unpaired) electrons. The third kappa shape index (κ3) is 2.46. The van der Waals surface area contributed by atoms with Crippen molar-refractivity contribution in [3.05, 3.63) is 12.0 Å². The second kappa shape index (κ2) is 5.34. The molecule has 3 N–H and O–H groups in total. The average molecular weight is 276 g/mol. The van der Waals surface area contributed by atoms with Crippen molar-refractivity contribution in [1.29, 1.82) is 0 Å². The molecule has 1 fully saturated rings. The summed E-state index contributed by atoms with van der Waals surface area (Å²) < 4.78 is 1.71. The fraction of sp³-hybridized carbons (Fsp3) is 0.615. The topological polar surface area (TPSA) is 93.1 Å². The van der Waals surface area contributed by atoms with Crippen LogP contribution in [0.1, 0.15) is 18.7 Å². The van der Waals surface area contributed by atoms with Crippen LogP contribution in [-0.2, 0) is 13.6 Å². The van der Waals surface area contributed by atoms with Crippen LogP contribution in [0.2, 0.25) is 0 Å². The van der Waals surface area contributed by atoms with E-state index in [4.69, 9.17) is 5.73 Å². The Hall–Kier alpha value is -1.73. The first-order valence-corrected chi connectivity index (χ1v) is 6.94. The van der Waals surface area contributed by atoms with Crippen LogP contribution in [0.25, 0.3) is 11.0 Å². The SMILES string of the molecule is Cn1ncc2c(N)nc(CN3CCCC(CO)C3)nc21. The summed E-state index contributed by atoms with van der Waals surface area (Å²) >= 11 is 0. The highest BCUT2D eigenvalue weighted by molar-refractivity contribution is 5.84. The van der Waals surface area contributed by atoms with Gasteiger partial charge in [0, 0.05) is 20.2 Å². The third-order valence-electron chi connectivity index (χ3n) is 3.89. The summed E-state index contributed by atoms with van der Waals surface area (Å²) in [4.78, 5) is 11.2. The van der Waals surface area contributed by atoms with Crippen molar-refractivity contribution in [3.8, 4) is 0 Å². The van der Waals surface area contributed by atoms with Crippen LogP contribution in [-0.4, -0.2) is 49.5 Å². The third-order valence-corrected chi connectivity index (χ3v) is 3.89. The van der Waals surface area contributed by atoms with Crippen LogP contribution in [0.15, 0.2) is 6.20 Å². The van der Waals surface area contributed by atoms with Gasteiger partial charge in [-0.25, -0.2) is 9.97 Å². The Kier molecular flexibility index (Phi) is 3.54. The van der Waals surface area contributed by atoms with E-state index < -0.39 is 0 Å². The molecule has 3 heterocycles. The van der Waals surface area contributed by atoms with Crippen molar-refractivity contribution in [2.75, 3.05) is 25.4 Å². The van der Waals surface area contributed by atoms with Crippen molar-refractivity contribution < 1.29 is 5.11 Å². The first kappa shape index (κ1) is 13.3. The number of fused-ring (bicyclic) bond motifs is 1. The van der Waals surface area contributed by atoms with Crippen molar-refractivity contribution in [3.63, 3.8) is 0 Å². The minimum atomic E-state index is 0.250. The Labute approximate surface area is 117 Å². The number of hydrogen-bond acceptors (Lipinski definition) is 6. The molecule has 7 heteroatoms. The van der Waals surface area contributed by atoms with Crippen LogP contribution in [0.5, 0.6) is 0 Å². The summed E-state index contributed by atoms with van der Waals surface area (Å²) in [6.07, 6.45) is 3.89. The molecule has 0 aliphatic carbocycles. The van der Waals surface area contributed by atoms with Crippen molar-refractivity contribution in [1.82, 2.24) is 24.6 Å². The molecule has 0 bridgehead atoms. The highest BCUT2D eigenvalue weighted by atomic mass is 16.3. The van der Waals surface area contributed by atoms with E-state index in [1.807, 2.05) is 7.05 Å². The smallest absolute Gasteiger partial charge is 0.163 e. The van der Waals surface area contributed by atoms with Gasteiger partial charge in [0.2, 0.25) is 0 Å². The van der Waals surface area contributed by atoms with Gasteiger partial charge in [0.15, 0.2) is 5.65 Å². The number of nitrogens with zero attached hydrogens (tertiary/aromatic N) is 5. The Bertz CT molecular complexity index is 610. The molecule has 0 spiro atoms. The molecule has 20 heavy (non-hydrogen) atoms. The Balaban J connectivity index is 1.82. The van der Waals surface area contributed by atoms with Gasteiger partial charge in [-0.15, -0.1) is 0 Å². The number of piperidine rings is 1. The van der Waals surface area contributed by atoms with E-state index in [2.05, 4.69) is 20.0 Å². The fourth-order valence-corrected chi connectivity index (χ4v) is 2.81. The average Bonchev–Trinajstić information content (AvgIpc) is 2.81. The predicted molar refractivity (Wildman–Crippen MR) is 75.8 cm³/mol. The van der Waals surface area contributed by atoms with E-state index in [-0.39, 0.29) is 6.61 Å². The predicted octanol–water partition coefficient (Wildman–Crippen LogP) is 0.150. The molecular formula is C13H20N6O. The minimum Gasteiger partial charge on any atom is -0.396 e. The first-order chi connectivity index (χ1) is 9.67. The fourth-order valence-electron chi connectivity index (χ4n) is 2.81. The van der Waals surface area contributed by atoms with Crippen LogP contribution in [0.4, 0.5) is 5.82 Å². The molecule has 1 atom stereocenters. The van der Waals surface area contributed by atoms with Crippen molar-refractivity contribution in [2.24, 2.45) is 13.0 Å². The standard InChI is InChI=1S/C13H20N6O/c1-18-13-10(5-15-18)12(14)16-11(17-13)7-19-4-2-3-9(6-19)8-20/h5,9,20H,2-4,6-8H2,1H3,(H2,14,16,17). The van der Waals surface area contributed by atoms with Gasteiger partial charge in [-0.05, 0) is 25.3 Å². The van der Waals surface area contributed by atoms with Gasteiger partial charge in [-0.1, -0.05) is 0 Å². The van der Waals surface area contributed by atoms with Gasteiger partial charge in [0.1, 0.15) is 11.6 Å².